The van der Waals surface area contributed by atoms with Crippen molar-refractivity contribution in [3.05, 3.63) is 29.3 Å². The Balaban J connectivity index is 1.79. The number of aryl methyl sites for hydroxylation is 1. The van der Waals surface area contributed by atoms with Crippen LogP contribution in [-0.2, 0) is 6.42 Å². The lowest BCUT2D eigenvalue weighted by Gasteiger charge is -2.36. The Morgan fingerprint density at radius 2 is 2.22 bits per heavy atom. The molecule has 98 valence electrons. The molecule has 0 saturated carbocycles. The standard InChI is InChI=1S/C15H22N2O/c16-13-4-5-14-12(8-13)3-6-15(14)17-7-1-2-11(9-17)10-18/h4-5,8,11,15,18H,1-3,6-7,9-10,16H2. The molecule has 1 fully saturated rings. The summed E-state index contributed by atoms with van der Waals surface area (Å²) in [5.74, 6) is 0.469. The largest absolute Gasteiger partial charge is 0.399 e. The van der Waals surface area contributed by atoms with Crippen molar-refractivity contribution in [2.45, 2.75) is 31.7 Å². The number of nitrogens with two attached hydrogens (primary N) is 1. The first-order valence-corrected chi connectivity index (χ1v) is 7.01. The van der Waals surface area contributed by atoms with Gasteiger partial charge in [-0.3, -0.25) is 4.90 Å². The van der Waals surface area contributed by atoms with E-state index in [2.05, 4.69) is 17.0 Å². The molecule has 1 saturated heterocycles. The number of aliphatic hydroxyl groups is 1. The average Bonchev–Trinajstić information content (AvgIpc) is 2.81. The van der Waals surface area contributed by atoms with Crippen LogP contribution in [0.1, 0.15) is 36.4 Å². The first-order valence-electron chi connectivity index (χ1n) is 7.01. The number of nitrogen functional groups attached to an aromatic ring is 1. The number of likely N-dealkylation sites (tertiary alicyclic amines) is 1. The van der Waals surface area contributed by atoms with Gasteiger partial charge in [0, 0.05) is 24.9 Å². The zero-order valence-corrected chi connectivity index (χ0v) is 10.8. The fourth-order valence-electron chi connectivity index (χ4n) is 3.52. The smallest absolute Gasteiger partial charge is 0.0471 e. The van der Waals surface area contributed by atoms with Crippen molar-refractivity contribution in [1.82, 2.24) is 4.90 Å². The highest BCUT2D eigenvalue weighted by atomic mass is 16.3. The van der Waals surface area contributed by atoms with Gasteiger partial charge >= 0.3 is 0 Å². The molecule has 0 aromatic heterocycles. The van der Waals surface area contributed by atoms with Crippen LogP contribution in [0.5, 0.6) is 0 Å². The monoisotopic (exact) mass is 246 g/mol. The molecule has 1 heterocycles. The van der Waals surface area contributed by atoms with Crippen molar-refractivity contribution in [2.24, 2.45) is 5.92 Å². The van der Waals surface area contributed by atoms with Crippen LogP contribution in [-0.4, -0.2) is 29.7 Å². The number of anilines is 1. The van der Waals surface area contributed by atoms with E-state index in [1.54, 1.807) is 0 Å². The van der Waals surface area contributed by atoms with Crippen molar-refractivity contribution >= 4 is 5.69 Å². The van der Waals surface area contributed by atoms with E-state index in [1.165, 1.54) is 36.9 Å². The molecule has 0 radical (unpaired) electrons. The molecule has 0 bridgehead atoms. The van der Waals surface area contributed by atoms with Gasteiger partial charge in [-0.25, -0.2) is 0 Å². The van der Waals surface area contributed by atoms with Gasteiger partial charge in [0.1, 0.15) is 0 Å². The molecule has 3 nitrogen and oxygen atoms in total. The minimum atomic E-state index is 0.331. The van der Waals surface area contributed by atoms with Crippen molar-refractivity contribution in [1.29, 1.82) is 0 Å². The molecule has 1 aliphatic carbocycles. The first-order chi connectivity index (χ1) is 8.78. The zero-order chi connectivity index (χ0) is 12.5. The molecule has 3 rings (SSSR count). The Morgan fingerprint density at radius 3 is 3.06 bits per heavy atom. The maximum absolute atomic E-state index is 9.34. The minimum Gasteiger partial charge on any atom is -0.399 e. The predicted octanol–water partition coefficient (Wildman–Crippen LogP) is 1.96. The summed E-state index contributed by atoms with van der Waals surface area (Å²) < 4.78 is 0. The van der Waals surface area contributed by atoms with Gasteiger partial charge in [-0.05, 0) is 61.4 Å². The number of hydrogen-bond donors (Lipinski definition) is 2. The van der Waals surface area contributed by atoms with E-state index in [4.69, 9.17) is 5.73 Å². The van der Waals surface area contributed by atoms with Crippen LogP contribution in [0.4, 0.5) is 5.69 Å². The van der Waals surface area contributed by atoms with E-state index in [0.717, 1.165) is 18.7 Å². The van der Waals surface area contributed by atoms with Gasteiger partial charge in [0.2, 0.25) is 0 Å². The van der Waals surface area contributed by atoms with Gasteiger partial charge in [0.05, 0.1) is 0 Å². The normalized spacial score (nSPS) is 28.3. The van der Waals surface area contributed by atoms with Crippen LogP contribution in [0.25, 0.3) is 0 Å². The second-order valence-corrected chi connectivity index (χ2v) is 5.70. The van der Waals surface area contributed by atoms with E-state index in [-0.39, 0.29) is 0 Å². The first kappa shape index (κ1) is 12.0. The van der Waals surface area contributed by atoms with Gasteiger partial charge in [0.25, 0.3) is 0 Å². The zero-order valence-electron chi connectivity index (χ0n) is 10.8. The summed E-state index contributed by atoms with van der Waals surface area (Å²) in [5, 5.41) is 9.34. The Bertz CT molecular complexity index is 433. The molecule has 2 aliphatic rings. The molecule has 1 aromatic rings. The third kappa shape index (κ3) is 2.13. The van der Waals surface area contributed by atoms with Crippen LogP contribution >= 0.6 is 0 Å². The van der Waals surface area contributed by atoms with Crippen molar-refractivity contribution < 1.29 is 5.11 Å². The topological polar surface area (TPSA) is 49.5 Å². The summed E-state index contributed by atoms with van der Waals surface area (Å²) >= 11 is 0. The molecule has 1 aromatic carbocycles. The van der Waals surface area contributed by atoms with E-state index in [1.807, 2.05) is 6.07 Å². The third-order valence-corrected chi connectivity index (χ3v) is 4.46. The second kappa shape index (κ2) is 4.90. The quantitative estimate of drug-likeness (QED) is 0.784. The predicted molar refractivity (Wildman–Crippen MR) is 73.3 cm³/mol. The Kier molecular flexibility index (Phi) is 3.27. The second-order valence-electron chi connectivity index (χ2n) is 5.70. The summed E-state index contributed by atoms with van der Waals surface area (Å²) in [7, 11) is 0. The van der Waals surface area contributed by atoms with E-state index in [9.17, 15) is 5.11 Å². The van der Waals surface area contributed by atoms with Crippen LogP contribution in [0, 0.1) is 5.92 Å². The number of aliphatic hydroxyl groups excluding tert-OH is 1. The lowest BCUT2D eigenvalue weighted by Crippen LogP contribution is -2.38. The summed E-state index contributed by atoms with van der Waals surface area (Å²) in [6.07, 6.45) is 4.74. The molecule has 0 spiro atoms. The molecule has 1 aliphatic heterocycles. The number of benzene rings is 1. The average molecular weight is 246 g/mol. The molecule has 3 N–H and O–H groups in total. The Morgan fingerprint density at radius 1 is 1.33 bits per heavy atom. The fourth-order valence-corrected chi connectivity index (χ4v) is 3.52. The van der Waals surface area contributed by atoms with Crippen LogP contribution in [0.15, 0.2) is 18.2 Å². The van der Waals surface area contributed by atoms with Crippen molar-refractivity contribution in [3.63, 3.8) is 0 Å². The van der Waals surface area contributed by atoms with Gasteiger partial charge in [-0.15, -0.1) is 0 Å². The maximum atomic E-state index is 9.34. The summed E-state index contributed by atoms with van der Waals surface area (Å²) in [6.45, 7) is 2.55. The number of rotatable bonds is 2. The van der Waals surface area contributed by atoms with Crippen molar-refractivity contribution in [3.8, 4) is 0 Å². The summed E-state index contributed by atoms with van der Waals surface area (Å²) in [5.41, 5.74) is 9.61. The number of nitrogens with zero attached hydrogens (tertiary/aromatic N) is 1. The molecule has 18 heavy (non-hydrogen) atoms. The van der Waals surface area contributed by atoms with Gasteiger partial charge in [0.15, 0.2) is 0 Å². The highest BCUT2D eigenvalue weighted by molar-refractivity contribution is 5.47. The Hall–Kier alpha value is -1.06. The molecule has 0 amide bonds. The molecule has 3 heteroatoms. The highest BCUT2D eigenvalue weighted by Gasteiger charge is 2.31. The van der Waals surface area contributed by atoms with Gasteiger partial charge < -0.3 is 10.8 Å². The lowest BCUT2D eigenvalue weighted by molar-refractivity contribution is 0.0878. The van der Waals surface area contributed by atoms with Crippen LogP contribution < -0.4 is 5.73 Å². The van der Waals surface area contributed by atoms with Gasteiger partial charge in [-0.1, -0.05) is 6.07 Å². The summed E-state index contributed by atoms with van der Waals surface area (Å²) in [6, 6.07) is 6.90. The van der Waals surface area contributed by atoms with Gasteiger partial charge in [-0.2, -0.15) is 0 Å². The van der Waals surface area contributed by atoms with Crippen LogP contribution in [0.2, 0.25) is 0 Å². The van der Waals surface area contributed by atoms with E-state index >= 15 is 0 Å². The number of piperidine rings is 1. The molecular formula is C15H22N2O. The Labute approximate surface area is 109 Å². The molecular weight excluding hydrogens is 224 g/mol. The number of fused-ring (bicyclic) bond motifs is 1. The highest BCUT2D eigenvalue weighted by Crippen LogP contribution is 2.38. The SMILES string of the molecule is Nc1ccc2c(c1)CCC2N1CCCC(CO)C1. The molecule has 2 unspecified atom stereocenters. The minimum absolute atomic E-state index is 0.331. The van der Waals surface area contributed by atoms with E-state index < -0.39 is 0 Å². The van der Waals surface area contributed by atoms with Crippen LogP contribution in [0.3, 0.4) is 0 Å². The summed E-state index contributed by atoms with van der Waals surface area (Å²) in [4.78, 5) is 2.56. The van der Waals surface area contributed by atoms with E-state index in [0.29, 0.717) is 18.6 Å². The number of hydrogen-bond acceptors (Lipinski definition) is 3. The maximum Gasteiger partial charge on any atom is 0.0471 e. The molecule has 2 atom stereocenters. The fraction of sp³-hybridized carbons (Fsp3) is 0.600. The lowest BCUT2D eigenvalue weighted by atomic mass is 9.96. The third-order valence-electron chi connectivity index (χ3n) is 4.46. The van der Waals surface area contributed by atoms with Crippen molar-refractivity contribution in [2.75, 3.05) is 25.4 Å².